The Morgan fingerprint density at radius 3 is 2.58 bits per heavy atom. The predicted molar refractivity (Wildman–Crippen MR) is 106 cm³/mol. The van der Waals surface area contributed by atoms with E-state index in [2.05, 4.69) is 41.5 Å². The Morgan fingerprint density at radius 2 is 1.92 bits per heavy atom. The number of urea groups is 1. The second kappa shape index (κ2) is 10.3. The van der Waals surface area contributed by atoms with Crippen molar-refractivity contribution in [2.75, 3.05) is 0 Å². The van der Waals surface area contributed by atoms with Crippen LogP contribution in [0.1, 0.15) is 64.5 Å². The van der Waals surface area contributed by atoms with Crippen LogP contribution in [0.25, 0.3) is 5.57 Å². The molecule has 140 valence electrons. The van der Waals surface area contributed by atoms with Crippen molar-refractivity contribution in [2.24, 2.45) is 0 Å². The third-order valence-corrected chi connectivity index (χ3v) is 3.90. The molecule has 0 bridgehead atoms. The number of benzene rings is 1. The topological polar surface area (TPSA) is 70.2 Å². The minimum Gasteiger partial charge on any atom is -0.328 e. The minimum atomic E-state index is -0.619. The third kappa shape index (κ3) is 7.43. The van der Waals surface area contributed by atoms with E-state index < -0.39 is 17.5 Å². The molecule has 0 aliphatic carbocycles. The Hall–Kier alpha value is -2.74. The molecule has 3 N–H and O–H groups in total. The Kier molecular flexibility index (Phi) is 8.44. The second-order valence-electron chi connectivity index (χ2n) is 6.78. The van der Waals surface area contributed by atoms with E-state index in [-0.39, 0.29) is 0 Å². The van der Waals surface area contributed by atoms with Gasteiger partial charge in [-0.2, -0.15) is 0 Å². The van der Waals surface area contributed by atoms with E-state index in [1.54, 1.807) is 0 Å². The molecule has 0 radical (unpaired) electrons. The molecule has 0 aliphatic heterocycles. The van der Waals surface area contributed by atoms with Crippen LogP contribution >= 0.6 is 0 Å². The van der Waals surface area contributed by atoms with Crippen molar-refractivity contribution in [3.05, 3.63) is 42.0 Å². The quantitative estimate of drug-likeness (QED) is 0.412. The summed E-state index contributed by atoms with van der Waals surface area (Å²) in [6.45, 7) is 11.8. The summed E-state index contributed by atoms with van der Waals surface area (Å²) in [7, 11) is 0. The molecular weight excluding hydrogens is 326 g/mol. The number of unbranched alkanes of at least 4 members (excludes halogenated alkanes) is 3. The number of rotatable bonds is 6. The molecule has 0 aliphatic rings. The first kappa shape index (κ1) is 21.3. The number of carbonyl (C=O) groups excluding carboxylic acids is 2. The van der Waals surface area contributed by atoms with E-state index in [9.17, 15) is 9.59 Å². The highest BCUT2D eigenvalue weighted by Crippen LogP contribution is 2.23. The highest BCUT2D eigenvalue weighted by Gasteiger charge is 2.23. The lowest BCUT2D eigenvalue weighted by atomic mass is 9.92. The van der Waals surface area contributed by atoms with Gasteiger partial charge in [0.05, 0.1) is 5.54 Å². The molecule has 5 heteroatoms. The van der Waals surface area contributed by atoms with Gasteiger partial charge in [-0.25, -0.2) is 10.2 Å². The molecule has 0 atom stereocenters. The molecule has 26 heavy (non-hydrogen) atoms. The Balaban J connectivity index is 2.54. The van der Waals surface area contributed by atoms with E-state index >= 15 is 0 Å². The van der Waals surface area contributed by atoms with Crippen LogP contribution < -0.4 is 16.2 Å². The molecule has 3 amide bonds. The zero-order valence-corrected chi connectivity index (χ0v) is 16.2. The van der Waals surface area contributed by atoms with Crippen LogP contribution in [-0.2, 0) is 10.3 Å². The van der Waals surface area contributed by atoms with Gasteiger partial charge in [-0.05, 0) is 50.3 Å². The normalized spacial score (nSPS) is 10.3. The Morgan fingerprint density at radius 1 is 1.19 bits per heavy atom. The number of allylic oxidation sites excluding steroid dienone is 1. The van der Waals surface area contributed by atoms with Crippen molar-refractivity contribution in [3.63, 3.8) is 0 Å². The van der Waals surface area contributed by atoms with Gasteiger partial charge in [-0.15, -0.1) is 0 Å². The minimum absolute atomic E-state index is 0.503. The number of hydrazine groups is 1. The van der Waals surface area contributed by atoms with Gasteiger partial charge in [0.15, 0.2) is 0 Å². The van der Waals surface area contributed by atoms with E-state index in [4.69, 9.17) is 0 Å². The standard InChI is InChI=1S/C21H29N3O2/c1-6-7-8-9-10-14-19(25)23-24-20(26)22-21(4,5)18-13-11-12-17(15-18)16(2)3/h11-13,15H,2,6-9H2,1,3-5H3,(H,23,25)(H2,22,24,26). The summed E-state index contributed by atoms with van der Waals surface area (Å²) in [5.41, 5.74) is 6.91. The number of hydrogen-bond acceptors (Lipinski definition) is 2. The summed E-state index contributed by atoms with van der Waals surface area (Å²) in [5, 5.41) is 2.84. The molecule has 0 unspecified atom stereocenters. The van der Waals surface area contributed by atoms with Crippen molar-refractivity contribution in [1.82, 2.24) is 16.2 Å². The molecule has 0 heterocycles. The fourth-order valence-electron chi connectivity index (χ4n) is 2.31. The van der Waals surface area contributed by atoms with Gasteiger partial charge >= 0.3 is 11.9 Å². The average Bonchev–Trinajstić information content (AvgIpc) is 2.59. The highest BCUT2D eigenvalue weighted by atomic mass is 16.2. The zero-order chi connectivity index (χ0) is 19.6. The van der Waals surface area contributed by atoms with Gasteiger partial charge in [-0.1, -0.05) is 56.0 Å². The summed E-state index contributed by atoms with van der Waals surface area (Å²) in [4.78, 5) is 23.7. The largest absolute Gasteiger partial charge is 0.334 e. The molecule has 0 fully saturated rings. The van der Waals surface area contributed by atoms with E-state index in [0.717, 1.165) is 36.0 Å². The maximum atomic E-state index is 12.1. The van der Waals surface area contributed by atoms with Crippen LogP contribution in [-0.4, -0.2) is 11.9 Å². The number of nitrogens with one attached hydrogen (secondary N) is 3. The van der Waals surface area contributed by atoms with Crippen LogP contribution in [0.3, 0.4) is 0 Å². The molecule has 5 nitrogen and oxygen atoms in total. The zero-order valence-electron chi connectivity index (χ0n) is 16.2. The summed E-state index contributed by atoms with van der Waals surface area (Å²) >= 11 is 0. The van der Waals surface area contributed by atoms with Gasteiger partial charge in [0.25, 0.3) is 0 Å². The van der Waals surface area contributed by atoms with Crippen LogP contribution in [0.15, 0.2) is 30.8 Å². The van der Waals surface area contributed by atoms with Crippen LogP contribution in [0, 0.1) is 11.8 Å². The van der Waals surface area contributed by atoms with E-state index in [1.807, 2.05) is 45.0 Å². The molecule has 0 aromatic heterocycles. The molecule has 1 aromatic rings. The number of carbonyl (C=O) groups is 2. The first-order chi connectivity index (χ1) is 12.3. The third-order valence-electron chi connectivity index (χ3n) is 3.90. The van der Waals surface area contributed by atoms with Gasteiger partial charge in [-0.3, -0.25) is 10.2 Å². The van der Waals surface area contributed by atoms with Crippen molar-refractivity contribution < 1.29 is 9.59 Å². The molecule has 1 aromatic carbocycles. The average molecular weight is 355 g/mol. The van der Waals surface area contributed by atoms with Gasteiger partial charge in [0.1, 0.15) is 0 Å². The van der Waals surface area contributed by atoms with E-state index in [0.29, 0.717) is 6.42 Å². The summed E-state index contributed by atoms with van der Waals surface area (Å²) < 4.78 is 0. The summed E-state index contributed by atoms with van der Waals surface area (Å²) in [6, 6.07) is 7.32. The molecule has 0 saturated heterocycles. The van der Waals surface area contributed by atoms with Crippen LogP contribution in [0.5, 0.6) is 0 Å². The highest BCUT2D eigenvalue weighted by molar-refractivity contribution is 5.94. The monoisotopic (exact) mass is 355 g/mol. The smallest absolute Gasteiger partial charge is 0.328 e. The lowest BCUT2D eigenvalue weighted by Crippen LogP contribution is -2.52. The maximum Gasteiger partial charge on any atom is 0.334 e. The number of hydrogen-bond donors (Lipinski definition) is 3. The summed E-state index contributed by atoms with van der Waals surface area (Å²) in [6.07, 6.45) is 3.86. The predicted octanol–water partition coefficient (Wildman–Crippen LogP) is 3.87. The first-order valence-electron chi connectivity index (χ1n) is 8.89. The van der Waals surface area contributed by atoms with Crippen molar-refractivity contribution >= 4 is 17.5 Å². The van der Waals surface area contributed by atoms with Crippen LogP contribution in [0.2, 0.25) is 0 Å². The molecule has 1 rings (SSSR count). The van der Waals surface area contributed by atoms with Gasteiger partial charge < -0.3 is 5.32 Å². The van der Waals surface area contributed by atoms with E-state index in [1.165, 1.54) is 0 Å². The number of amides is 3. The fraction of sp³-hybridized carbons (Fsp3) is 0.429. The fourth-order valence-corrected chi connectivity index (χ4v) is 2.31. The second-order valence-corrected chi connectivity index (χ2v) is 6.78. The first-order valence-corrected chi connectivity index (χ1v) is 8.89. The SMILES string of the molecule is C=C(C)c1cccc(C(C)(C)NC(=O)NNC(=O)C#CCCCCC)c1. The van der Waals surface area contributed by atoms with Crippen LogP contribution in [0.4, 0.5) is 4.79 Å². The lowest BCUT2D eigenvalue weighted by Gasteiger charge is -2.27. The maximum absolute atomic E-state index is 12.1. The van der Waals surface area contributed by atoms with Crippen molar-refractivity contribution in [1.29, 1.82) is 0 Å². The van der Waals surface area contributed by atoms with Gasteiger partial charge in [0.2, 0.25) is 0 Å². The lowest BCUT2D eigenvalue weighted by molar-refractivity contribution is -0.116. The summed E-state index contributed by atoms with van der Waals surface area (Å²) in [5.74, 6) is 4.72. The van der Waals surface area contributed by atoms with Gasteiger partial charge in [0, 0.05) is 6.42 Å². The molecule has 0 saturated carbocycles. The molecular formula is C21H29N3O2. The molecule has 0 spiro atoms. The van der Waals surface area contributed by atoms with Crippen molar-refractivity contribution in [3.8, 4) is 11.8 Å². The Labute approximate surface area is 156 Å². The Bertz CT molecular complexity index is 711. The van der Waals surface area contributed by atoms with Crippen molar-refractivity contribution in [2.45, 2.75) is 58.9 Å².